The monoisotopic (exact) mass is 492 g/mol. The van der Waals surface area contributed by atoms with Crippen LogP contribution in [0.25, 0.3) is 0 Å². The number of nitrogens with two attached hydrogens (primary N) is 1. The van der Waals surface area contributed by atoms with Crippen LogP contribution in [0.15, 0.2) is 33.2 Å². The predicted octanol–water partition coefficient (Wildman–Crippen LogP) is 2.90. The Morgan fingerprint density at radius 3 is 2.15 bits per heavy atom. The van der Waals surface area contributed by atoms with Gasteiger partial charge in [0.2, 0.25) is 0 Å². The highest BCUT2D eigenvalue weighted by Crippen LogP contribution is 2.28. The lowest BCUT2D eigenvalue weighted by Gasteiger charge is -2.26. The number of nitrogen functional groups attached to an aromatic ring is 1. The van der Waals surface area contributed by atoms with Crippen molar-refractivity contribution in [1.82, 2.24) is 5.32 Å². The summed E-state index contributed by atoms with van der Waals surface area (Å²) in [5, 5.41) is 28.6. The zero-order valence-electron chi connectivity index (χ0n) is 14.0. The molecule has 0 spiro atoms. The molecule has 6 N–H and O–H groups in total. The summed E-state index contributed by atoms with van der Waals surface area (Å²) in [7, 11) is 0. The summed E-state index contributed by atoms with van der Waals surface area (Å²) in [6.07, 6.45) is 4.88. The average Bonchev–Trinajstić information content (AvgIpc) is 2.57. The minimum absolute atomic E-state index is 0.104. The highest BCUT2D eigenvalue weighted by atomic mass is 79.9. The molecule has 0 bridgehead atoms. The third-order valence-corrected chi connectivity index (χ3v) is 4.94. The van der Waals surface area contributed by atoms with Crippen LogP contribution in [0, 0.1) is 0 Å². The number of nitrogens with one attached hydrogen (secondary N) is 1. The van der Waals surface area contributed by atoms with E-state index in [1.165, 1.54) is 0 Å². The van der Waals surface area contributed by atoms with E-state index in [0.29, 0.717) is 18.2 Å². The van der Waals surface area contributed by atoms with Gasteiger partial charge in [0.1, 0.15) is 0 Å². The van der Waals surface area contributed by atoms with Crippen molar-refractivity contribution in [2.24, 2.45) is 0 Å². The second-order valence-corrected chi connectivity index (χ2v) is 7.63. The van der Waals surface area contributed by atoms with Crippen LogP contribution in [0.4, 0.5) is 5.69 Å². The molecular weight excluding hydrogens is 472 g/mol. The molecule has 9 heteroatoms. The van der Waals surface area contributed by atoms with Crippen molar-refractivity contribution >= 4 is 49.5 Å². The Bertz CT molecular complexity index is 643. The van der Waals surface area contributed by atoms with Crippen molar-refractivity contribution in [2.45, 2.75) is 44.4 Å². The lowest BCUT2D eigenvalue weighted by molar-refractivity contribution is -0.134. The first-order valence-electron chi connectivity index (χ1n) is 7.97. The SMILES string of the molecule is Nc1c(Br)cc(Br)cc1CNC1CCC(O)CC1.O=C(O)/C=C/C(=O)O. The highest BCUT2D eigenvalue weighted by molar-refractivity contribution is 9.11. The second kappa shape index (κ2) is 11.3. The fourth-order valence-electron chi connectivity index (χ4n) is 2.46. The minimum atomic E-state index is -1.26. The molecule has 0 aromatic heterocycles. The molecule has 144 valence electrons. The van der Waals surface area contributed by atoms with Crippen LogP contribution in [0.3, 0.4) is 0 Å². The van der Waals surface area contributed by atoms with E-state index in [1.54, 1.807) is 0 Å². The van der Waals surface area contributed by atoms with E-state index in [1.807, 2.05) is 12.1 Å². The van der Waals surface area contributed by atoms with Gasteiger partial charge >= 0.3 is 11.9 Å². The number of carboxylic acids is 2. The fourth-order valence-corrected chi connectivity index (χ4v) is 3.77. The molecular formula is C17H22Br2N2O5. The molecule has 1 aromatic rings. The Balaban J connectivity index is 0.000000359. The number of carboxylic acid groups (broad SMARTS) is 2. The quantitative estimate of drug-likeness (QED) is 0.314. The van der Waals surface area contributed by atoms with E-state index in [2.05, 4.69) is 37.2 Å². The molecule has 0 saturated heterocycles. The lowest BCUT2D eigenvalue weighted by atomic mass is 9.93. The van der Waals surface area contributed by atoms with Gasteiger partial charge in [-0.3, -0.25) is 0 Å². The van der Waals surface area contributed by atoms with Gasteiger partial charge in [-0.15, -0.1) is 0 Å². The van der Waals surface area contributed by atoms with Gasteiger partial charge in [-0.1, -0.05) is 15.9 Å². The van der Waals surface area contributed by atoms with Crippen LogP contribution in [-0.4, -0.2) is 39.4 Å². The number of aliphatic hydroxyl groups is 1. The Labute approximate surface area is 168 Å². The van der Waals surface area contributed by atoms with Crippen LogP contribution < -0.4 is 11.1 Å². The molecule has 2 rings (SSSR count). The molecule has 1 aliphatic rings. The molecule has 0 heterocycles. The van der Waals surface area contributed by atoms with Crippen LogP contribution in [0.1, 0.15) is 31.2 Å². The second-order valence-electron chi connectivity index (χ2n) is 5.86. The fraction of sp³-hybridized carbons (Fsp3) is 0.412. The van der Waals surface area contributed by atoms with Gasteiger partial charge < -0.3 is 26.4 Å². The summed E-state index contributed by atoms with van der Waals surface area (Å²) in [4.78, 5) is 19.1. The van der Waals surface area contributed by atoms with Gasteiger partial charge in [0.05, 0.1) is 11.8 Å². The minimum Gasteiger partial charge on any atom is -0.478 e. The van der Waals surface area contributed by atoms with Gasteiger partial charge in [0.15, 0.2) is 0 Å². The van der Waals surface area contributed by atoms with Crippen LogP contribution in [-0.2, 0) is 16.1 Å². The summed E-state index contributed by atoms with van der Waals surface area (Å²) in [6.45, 7) is 0.768. The molecule has 0 unspecified atom stereocenters. The Kier molecular flexibility index (Phi) is 9.85. The molecule has 0 aliphatic heterocycles. The van der Waals surface area contributed by atoms with Crippen molar-refractivity contribution in [3.05, 3.63) is 38.8 Å². The summed E-state index contributed by atoms with van der Waals surface area (Å²) in [6, 6.07) is 4.49. The molecule has 1 aromatic carbocycles. The average molecular weight is 494 g/mol. The van der Waals surface area contributed by atoms with Crippen molar-refractivity contribution in [3.8, 4) is 0 Å². The Morgan fingerprint density at radius 2 is 1.65 bits per heavy atom. The summed E-state index contributed by atoms with van der Waals surface area (Å²) < 4.78 is 1.95. The molecule has 0 radical (unpaired) electrons. The Morgan fingerprint density at radius 1 is 1.12 bits per heavy atom. The van der Waals surface area contributed by atoms with E-state index in [0.717, 1.165) is 52.4 Å². The number of hydrogen-bond donors (Lipinski definition) is 5. The number of anilines is 1. The number of aliphatic carboxylic acids is 2. The Hall–Kier alpha value is -1.42. The third kappa shape index (κ3) is 8.79. The zero-order valence-corrected chi connectivity index (χ0v) is 17.2. The number of rotatable bonds is 5. The van der Waals surface area contributed by atoms with Crippen LogP contribution in [0.5, 0.6) is 0 Å². The van der Waals surface area contributed by atoms with E-state index in [4.69, 9.17) is 15.9 Å². The van der Waals surface area contributed by atoms with Gasteiger partial charge in [-0.25, -0.2) is 9.59 Å². The normalized spacial score (nSPS) is 19.7. The van der Waals surface area contributed by atoms with Crippen LogP contribution >= 0.6 is 31.9 Å². The van der Waals surface area contributed by atoms with Gasteiger partial charge in [-0.05, 0) is 59.3 Å². The molecule has 7 nitrogen and oxygen atoms in total. The molecule has 1 saturated carbocycles. The first-order valence-corrected chi connectivity index (χ1v) is 9.56. The highest BCUT2D eigenvalue weighted by Gasteiger charge is 2.19. The molecule has 26 heavy (non-hydrogen) atoms. The number of hydrogen-bond acceptors (Lipinski definition) is 5. The maximum atomic E-state index is 9.55. The predicted molar refractivity (Wildman–Crippen MR) is 106 cm³/mol. The smallest absolute Gasteiger partial charge is 0.328 e. The number of halogens is 2. The van der Waals surface area contributed by atoms with E-state index < -0.39 is 11.9 Å². The van der Waals surface area contributed by atoms with Crippen molar-refractivity contribution < 1.29 is 24.9 Å². The maximum absolute atomic E-state index is 9.55. The summed E-state index contributed by atoms with van der Waals surface area (Å²) in [5.41, 5.74) is 7.93. The van der Waals surface area contributed by atoms with E-state index >= 15 is 0 Å². The first-order chi connectivity index (χ1) is 12.2. The van der Waals surface area contributed by atoms with Gasteiger partial charge in [-0.2, -0.15) is 0 Å². The number of benzene rings is 1. The molecule has 1 aliphatic carbocycles. The van der Waals surface area contributed by atoms with E-state index in [-0.39, 0.29) is 6.10 Å². The summed E-state index contributed by atoms with van der Waals surface area (Å²) in [5.74, 6) is -2.51. The van der Waals surface area contributed by atoms with Crippen molar-refractivity contribution in [2.75, 3.05) is 5.73 Å². The first kappa shape index (κ1) is 22.6. The molecule has 1 fully saturated rings. The molecule has 0 amide bonds. The van der Waals surface area contributed by atoms with E-state index in [9.17, 15) is 14.7 Å². The number of carbonyl (C=O) groups is 2. The standard InChI is InChI=1S/C13H18Br2N2O.C4H4O4/c14-9-5-8(13(16)12(15)6-9)7-17-10-1-3-11(18)4-2-10;5-3(6)1-2-4(7)8/h5-6,10-11,17-18H,1-4,7,16H2;1-2H,(H,5,6)(H,7,8)/b;2-1+. The number of aliphatic hydroxyl groups excluding tert-OH is 1. The largest absolute Gasteiger partial charge is 0.478 e. The summed E-state index contributed by atoms with van der Waals surface area (Å²) >= 11 is 6.93. The van der Waals surface area contributed by atoms with Crippen molar-refractivity contribution in [3.63, 3.8) is 0 Å². The topological polar surface area (TPSA) is 133 Å². The van der Waals surface area contributed by atoms with Crippen molar-refractivity contribution in [1.29, 1.82) is 0 Å². The third-order valence-electron chi connectivity index (χ3n) is 3.83. The zero-order chi connectivity index (χ0) is 19.7. The molecule has 0 atom stereocenters. The lowest BCUT2D eigenvalue weighted by Crippen LogP contribution is -2.34. The van der Waals surface area contributed by atoms with Crippen LogP contribution in [0.2, 0.25) is 0 Å². The van der Waals surface area contributed by atoms with Gasteiger partial charge in [0, 0.05) is 33.7 Å². The van der Waals surface area contributed by atoms with Gasteiger partial charge in [0.25, 0.3) is 0 Å². The maximum Gasteiger partial charge on any atom is 0.328 e.